The van der Waals surface area contributed by atoms with E-state index in [0.717, 1.165) is 28.9 Å². The van der Waals surface area contributed by atoms with Gasteiger partial charge in [-0.15, -0.1) is 0 Å². The number of carbonyl (C=O) groups is 1. The van der Waals surface area contributed by atoms with E-state index in [1.165, 1.54) is 18.9 Å². The first-order valence-electron chi connectivity index (χ1n) is 10.7. The van der Waals surface area contributed by atoms with Gasteiger partial charge in [0.05, 0.1) is 4.90 Å². The fraction of sp³-hybridized carbons (Fsp3) is 0.333. The van der Waals surface area contributed by atoms with E-state index in [-0.39, 0.29) is 4.90 Å². The highest BCUT2D eigenvalue weighted by molar-refractivity contribution is 7.90. The molecule has 0 spiro atoms. The molecule has 1 amide bonds. The molecule has 0 unspecified atom stereocenters. The van der Waals surface area contributed by atoms with Crippen LogP contribution in [0.1, 0.15) is 49.6 Å². The predicted molar refractivity (Wildman–Crippen MR) is 122 cm³/mol. The van der Waals surface area contributed by atoms with E-state index >= 15 is 0 Å². The second-order valence-corrected chi connectivity index (χ2v) is 10.4. The largest absolute Gasteiger partial charge is 0.464 e. The molecule has 0 atom stereocenters. The van der Waals surface area contributed by atoms with E-state index < -0.39 is 16.1 Å². The third kappa shape index (κ3) is 5.02. The molecule has 1 aliphatic rings. The highest BCUT2D eigenvalue weighted by Gasteiger charge is 2.28. The van der Waals surface area contributed by atoms with Crippen molar-refractivity contribution in [2.75, 3.05) is 0 Å². The van der Waals surface area contributed by atoms with Crippen LogP contribution in [-0.4, -0.2) is 29.2 Å². The number of imidazole rings is 1. The van der Waals surface area contributed by atoms with E-state index in [1.807, 2.05) is 42.7 Å². The summed E-state index contributed by atoms with van der Waals surface area (Å²) in [6.07, 6.45) is 5.37. The standard InChI is InChI=1S/C24H27N3O4S/c1-16(2)13-18-5-10-22(32(30,31)26-24(28)29)21(14-18)19-6-3-17(4-7-19)15-27-12-11-25-23(27)20-8-9-20/h3-7,10-12,14,16,20,26H,8-9,13,15H2,1-2H3,(H,28,29). The Morgan fingerprint density at radius 3 is 2.47 bits per heavy atom. The molecule has 0 saturated heterocycles. The van der Waals surface area contributed by atoms with Crippen molar-refractivity contribution >= 4 is 16.1 Å². The summed E-state index contributed by atoms with van der Waals surface area (Å²) in [6.45, 7) is 4.89. The van der Waals surface area contributed by atoms with Crippen molar-refractivity contribution in [2.24, 2.45) is 5.92 Å². The lowest BCUT2D eigenvalue weighted by atomic mass is 9.97. The summed E-state index contributed by atoms with van der Waals surface area (Å²) in [7, 11) is -4.20. The van der Waals surface area contributed by atoms with Gasteiger partial charge in [-0.3, -0.25) is 0 Å². The van der Waals surface area contributed by atoms with Crippen LogP contribution >= 0.6 is 0 Å². The molecule has 8 heteroatoms. The molecule has 2 aromatic carbocycles. The molecule has 0 radical (unpaired) electrons. The van der Waals surface area contributed by atoms with Crippen molar-refractivity contribution < 1.29 is 18.3 Å². The zero-order valence-electron chi connectivity index (χ0n) is 18.2. The van der Waals surface area contributed by atoms with Gasteiger partial charge in [-0.25, -0.2) is 22.9 Å². The SMILES string of the molecule is CC(C)Cc1ccc(S(=O)(=O)NC(=O)O)c(-c2ccc(Cn3ccnc3C3CC3)cc2)c1. The average Bonchev–Trinajstić information content (AvgIpc) is 3.46. The summed E-state index contributed by atoms with van der Waals surface area (Å²) >= 11 is 0. The fourth-order valence-electron chi connectivity index (χ4n) is 3.95. The smallest absolute Gasteiger partial charge is 0.418 e. The van der Waals surface area contributed by atoms with Crippen LogP contribution in [-0.2, 0) is 23.0 Å². The minimum atomic E-state index is -4.20. The highest BCUT2D eigenvalue weighted by atomic mass is 32.2. The maximum Gasteiger partial charge on any atom is 0.418 e. The molecule has 1 heterocycles. The van der Waals surface area contributed by atoms with Crippen LogP contribution < -0.4 is 4.72 Å². The van der Waals surface area contributed by atoms with Crippen molar-refractivity contribution in [1.29, 1.82) is 0 Å². The molecule has 168 valence electrons. The molecule has 1 fully saturated rings. The van der Waals surface area contributed by atoms with Gasteiger partial charge in [0.1, 0.15) is 5.82 Å². The van der Waals surface area contributed by atoms with Crippen LogP contribution in [0.4, 0.5) is 4.79 Å². The third-order valence-corrected chi connectivity index (χ3v) is 6.89. The quantitative estimate of drug-likeness (QED) is 0.518. The van der Waals surface area contributed by atoms with Crippen LogP contribution in [0.3, 0.4) is 0 Å². The number of rotatable bonds is 8. The highest BCUT2D eigenvalue weighted by Crippen LogP contribution is 2.39. The summed E-state index contributed by atoms with van der Waals surface area (Å²) in [5.41, 5.74) is 3.30. The second kappa shape index (κ2) is 8.78. The first kappa shape index (κ1) is 22.1. The summed E-state index contributed by atoms with van der Waals surface area (Å²) in [5.74, 6) is 2.08. The van der Waals surface area contributed by atoms with Crippen molar-refractivity contribution in [2.45, 2.75) is 50.5 Å². The fourth-order valence-corrected chi connectivity index (χ4v) is 5.00. The summed E-state index contributed by atoms with van der Waals surface area (Å²) in [5, 5.41) is 8.97. The summed E-state index contributed by atoms with van der Waals surface area (Å²) in [4.78, 5) is 15.5. The van der Waals surface area contributed by atoms with Gasteiger partial charge >= 0.3 is 6.09 Å². The number of hydrogen-bond donors (Lipinski definition) is 2. The Kier molecular flexibility index (Phi) is 6.06. The van der Waals surface area contributed by atoms with Gasteiger partial charge in [0.25, 0.3) is 10.0 Å². The van der Waals surface area contributed by atoms with E-state index in [1.54, 1.807) is 10.8 Å². The van der Waals surface area contributed by atoms with Gasteiger partial charge in [-0.2, -0.15) is 0 Å². The van der Waals surface area contributed by atoms with Crippen molar-refractivity contribution in [3.63, 3.8) is 0 Å². The average molecular weight is 454 g/mol. The molecule has 0 bridgehead atoms. The second-order valence-electron chi connectivity index (χ2n) is 8.72. The molecule has 3 aromatic rings. The number of aromatic nitrogens is 2. The number of nitrogens with one attached hydrogen (secondary N) is 1. The molecule has 4 rings (SSSR count). The zero-order valence-corrected chi connectivity index (χ0v) is 19.0. The lowest BCUT2D eigenvalue weighted by molar-refractivity contribution is 0.201. The first-order chi connectivity index (χ1) is 15.2. The number of carboxylic acid groups (broad SMARTS) is 1. The third-order valence-electron chi connectivity index (χ3n) is 5.51. The molecule has 1 aromatic heterocycles. The van der Waals surface area contributed by atoms with Gasteiger partial charge in [-0.1, -0.05) is 44.2 Å². The Labute approximate surface area is 188 Å². The molecule has 1 aliphatic carbocycles. The molecule has 7 nitrogen and oxygen atoms in total. The monoisotopic (exact) mass is 453 g/mol. The van der Waals surface area contributed by atoms with Gasteiger partial charge in [0, 0.05) is 30.4 Å². The Balaban J connectivity index is 1.67. The topological polar surface area (TPSA) is 101 Å². The van der Waals surface area contributed by atoms with E-state index in [9.17, 15) is 13.2 Å². The van der Waals surface area contributed by atoms with E-state index in [0.29, 0.717) is 23.9 Å². The lowest BCUT2D eigenvalue weighted by Gasteiger charge is -2.14. The maximum atomic E-state index is 12.7. The number of hydrogen-bond acceptors (Lipinski definition) is 4. The Hall–Kier alpha value is -3.13. The van der Waals surface area contributed by atoms with E-state index in [4.69, 9.17) is 5.11 Å². The lowest BCUT2D eigenvalue weighted by Crippen LogP contribution is -2.29. The van der Waals surface area contributed by atoms with Crippen LogP contribution in [0.5, 0.6) is 0 Å². The van der Waals surface area contributed by atoms with Gasteiger partial charge in [0.2, 0.25) is 0 Å². The number of benzene rings is 2. The van der Waals surface area contributed by atoms with Crippen molar-refractivity contribution in [1.82, 2.24) is 14.3 Å². The van der Waals surface area contributed by atoms with Crippen LogP contribution in [0.2, 0.25) is 0 Å². The van der Waals surface area contributed by atoms with Crippen LogP contribution in [0.25, 0.3) is 11.1 Å². The molecule has 1 saturated carbocycles. The summed E-state index contributed by atoms with van der Waals surface area (Å²) in [6, 6.07) is 12.8. The first-order valence-corrected chi connectivity index (χ1v) is 12.2. The van der Waals surface area contributed by atoms with Crippen LogP contribution in [0, 0.1) is 5.92 Å². The normalized spacial score (nSPS) is 14.0. The molecular weight excluding hydrogens is 426 g/mol. The number of amides is 1. The van der Waals surface area contributed by atoms with E-state index in [2.05, 4.69) is 23.4 Å². The molecule has 32 heavy (non-hydrogen) atoms. The molecule has 0 aliphatic heterocycles. The maximum absolute atomic E-state index is 12.7. The van der Waals surface area contributed by atoms with Crippen molar-refractivity contribution in [3.8, 4) is 11.1 Å². The Morgan fingerprint density at radius 2 is 1.84 bits per heavy atom. The zero-order chi connectivity index (χ0) is 22.9. The predicted octanol–water partition coefficient (Wildman–Crippen LogP) is 4.63. The summed E-state index contributed by atoms with van der Waals surface area (Å²) < 4.78 is 29.1. The minimum absolute atomic E-state index is 0.0502. The molecular formula is C24H27N3O4S. The van der Waals surface area contributed by atoms with Crippen molar-refractivity contribution in [3.05, 3.63) is 71.8 Å². The minimum Gasteiger partial charge on any atom is -0.464 e. The van der Waals surface area contributed by atoms with Crippen LogP contribution in [0.15, 0.2) is 59.8 Å². The van der Waals surface area contributed by atoms with Gasteiger partial charge in [-0.05, 0) is 54.0 Å². The van der Waals surface area contributed by atoms with Gasteiger partial charge in [0.15, 0.2) is 0 Å². The van der Waals surface area contributed by atoms with Gasteiger partial charge < -0.3 is 9.67 Å². The Bertz CT molecular complexity index is 1230. The number of sulfonamides is 1. The number of nitrogens with zero attached hydrogens (tertiary/aromatic N) is 2. The molecule has 2 N–H and O–H groups in total. The Morgan fingerprint density at radius 1 is 1.16 bits per heavy atom.